The first-order valence-corrected chi connectivity index (χ1v) is 9.30. The Labute approximate surface area is 164 Å². The number of aryl methyl sites for hydroxylation is 1. The van der Waals surface area contributed by atoms with Gasteiger partial charge in [-0.05, 0) is 19.1 Å². The lowest BCUT2D eigenvalue weighted by molar-refractivity contribution is -0.121. The van der Waals surface area contributed by atoms with E-state index in [1.807, 2.05) is 30.3 Å². The number of furan rings is 1. The fourth-order valence-electron chi connectivity index (χ4n) is 2.34. The van der Waals surface area contributed by atoms with Crippen LogP contribution in [0, 0.1) is 6.92 Å². The molecule has 0 spiro atoms. The Bertz CT molecular complexity index is 967. The molecule has 8 nitrogen and oxygen atoms in total. The minimum Gasteiger partial charge on any atom is -0.459 e. The van der Waals surface area contributed by atoms with Gasteiger partial charge in [0.2, 0.25) is 5.91 Å². The lowest BCUT2D eigenvalue weighted by Crippen LogP contribution is -2.42. The molecule has 0 fully saturated rings. The highest BCUT2D eigenvalue weighted by molar-refractivity contribution is 7.17. The lowest BCUT2D eigenvalue weighted by Gasteiger charge is -2.07. The summed E-state index contributed by atoms with van der Waals surface area (Å²) in [5.74, 6) is -1.11. The Morgan fingerprint density at radius 1 is 1.04 bits per heavy atom. The zero-order valence-electron chi connectivity index (χ0n) is 15.0. The Kier molecular flexibility index (Phi) is 6.18. The average molecular weight is 398 g/mol. The molecule has 0 radical (unpaired) electrons. The summed E-state index contributed by atoms with van der Waals surface area (Å²) in [7, 11) is 0. The number of aromatic nitrogens is 1. The molecule has 3 N–H and O–H groups in total. The van der Waals surface area contributed by atoms with E-state index in [2.05, 4.69) is 21.2 Å². The number of rotatable bonds is 6. The second-order valence-electron chi connectivity index (χ2n) is 5.79. The fourth-order valence-corrected chi connectivity index (χ4v) is 3.31. The van der Waals surface area contributed by atoms with Crippen LogP contribution in [0.4, 0.5) is 0 Å². The largest absolute Gasteiger partial charge is 0.459 e. The van der Waals surface area contributed by atoms with E-state index < -0.39 is 17.7 Å². The van der Waals surface area contributed by atoms with Crippen LogP contribution in [-0.4, -0.2) is 29.3 Å². The molecule has 3 amide bonds. The smallest absolute Gasteiger partial charge is 0.286 e. The normalized spacial score (nSPS) is 10.3. The molecule has 0 unspecified atom stereocenters. The topological polar surface area (TPSA) is 113 Å². The molecule has 28 heavy (non-hydrogen) atoms. The molecule has 0 bridgehead atoms. The van der Waals surface area contributed by atoms with Crippen LogP contribution in [-0.2, 0) is 4.79 Å². The van der Waals surface area contributed by atoms with Crippen molar-refractivity contribution in [2.75, 3.05) is 6.54 Å². The molecule has 144 valence electrons. The van der Waals surface area contributed by atoms with Gasteiger partial charge in [-0.15, -0.1) is 11.3 Å². The van der Waals surface area contributed by atoms with Crippen LogP contribution in [0.5, 0.6) is 0 Å². The maximum absolute atomic E-state index is 12.3. The van der Waals surface area contributed by atoms with E-state index in [9.17, 15) is 14.4 Å². The summed E-state index contributed by atoms with van der Waals surface area (Å²) in [6.45, 7) is 1.85. The van der Waals surface area contributed by atoms with Gasteiger partial charge in [-0.3, -0.25) is 25.2 Å². The summed E-state index contributed by atoms with van der Waals surface area (Å²) in [4.78, 5) is 40.7. The molecular formula is C19H18N4O4S. The number of carbonyl (C=O) groups excluding carboxylic acids is 3. The van der Waals surface area contributed by atoms with Gasteiger partial charge in [0.15, 0.2) is 5.76 Å². The van der Waals surface area contributed by atoms with Crippen molar-refractivity contribution in [3.05, 3.63) is 65.1 Å². The third kappa shape index (κ3) is 4.83. The maximum atomic E-state index is 12.3. The van der Waals surface area contributed by atoms with Crippen LogP contribution in [0.1, 0.15) is 32.3 Å². The minimum absolute atomic E-state index is 0.00364. The zero-order chi connectivity index (χ0) is 19.9. The fraction of sp³-hybridized carbons (Fsp3) is 0.158. The molecule has 0 aliphatic heterocycles. The second-order valence-corrected chi connectivity index (χ2v) is 6.78. The van der Waals surface area contributed by atoms with Crippen molar-refractivity contribution in [2.24, 2.45) is 0 Å². The monoisotopic (exact) mass is 398 g/mol. The number of thiazole rings is 1. The predicted octanol–water partition coefficient (Wildman–Crippen LogP) is 2.29. The summed E-state index contributed by atoms with van der Waals surface area (Å²) in [5, 5.41) is 3.28. The van der Waals surface area contributed by atoms with E-state index in [0.717, 1.165) is 10.6 Å². The second kappa shape index (κ2) is 8.96. The number of hydrogen-bond acceptors (Lipinski definition) is 6. The van der Waals surface area contributed by atoms with Crippen molar-refractivity contribution >= 4 is 29.1 Å². The Balaban J connectivity index is 1.47. The Morgan fingerprint density at radius 2 is 1.82 bits per heavy atom. The van der Waals surface area contributed by atoms with Crippen molar-refractivity contribution in [2.45, 2.75) is 13.3 Å². The quantitative estimate of drug-likeness (QED) is 0.552. The first-order valence-electron chi connectivity index (χ1n) is 8.48. The van der Waals surface area contributed by atoms with Crippen molar-refractivity contribution in [1.29, 1.82) is 0 Å². The summed E-state index contributed by atoms with van der Waals surface area (Å²) in [6.07, 6.45) is 1.39. The van der Waals surface area contributed by atoms with Gasteiger partial charge in [0.05, 0.1) is 12.0 Å². The molecule has 3 rings (SSSR count). The summed E-state index contributed by atoms with van der Waals surface area (Å²) in [6, 6.07) is 12.7. The molecule has 2 aromatic heterocycles. The number of carbonyl (C=O) groups is 3. The molecule has 0 atom stereocenters. The standard InChI is InChI=1S/C19H18N4O4S/c1-12-16(28-19(21-12)13-6-3-2-4-7-13)18(26)23-22-15(24)9-10-20-17(25)14-8-5-11-27-14/h2-8,11H,9-10H2,1H3,(H,20,25)(H,22,24)(H,23,26). The number of benzene rings is 1. The van der Waals surface area contributed by atoms with Gasteiger partial charge in [-0.1, -0.05) is 30.3 Å². The van der Waals surface area contributed by atoms with Crippen molar-refractivity contribution in [3.63, 3.8) is 0 Å². The van der Waals surface area contributed by atoms with E-state index in [1.54, 1.807) is 13.0 Å². The SMILES string of the molecule is Cc1nc(-c2ccccc2)sc1C(=O)NNC(=O)CCNC(=O)c1ccco1. The predicted molar refractivity (Wildman–Crippen MR) is 104 cm³/mol. The minimum atomic E-state index is -0.440. The Hall–Kier alpha value is -3.46. The van der Waals surface area contributed by atoms with E-state index >= 15 is 0 Å². The van der Waals surface area contributed by atoms with E-state index in [1.165, 1.54) is 23.7 Å². The highest BCUT2D eigenvalue weighted by Gasteiger charge is 2.17. The van der Waals surface area contributed by atoms with Crippen LogP contribution < -0.4 is 16.2 Å². The van der Waals surface area contributed by atoms with Gasteiger partial charge < -0.3 is 9.73 Å². The van der Waals surface area contributed by atoms with Crippen LogP contribution >= 0.6 is 11.3 Å². The first-order chi connectivity index (χ1) is 13.5. The van der Waals surface area contributed by atoms with Crippen LogP contribution in [0.2, 0.25) is 0 Å². The molecular weight excluding hydrogens is 380 g/mol. The Morgan fingerprint density at radius 3 is 2.54 bits per heavy atom. The highest BCUT2D eigenvalue weighted by Crippen LogP contribution is 2.27. The third-order valence-electron chi connectivity index (χ3n) is 3.72. The van der Waals surface area contributed by atoms with E-state index in [-0.39, 0.29) is 18.7 Å². The zero-order valence-corrected chi connectivity index (χ0v) is 15.8. The van der Waals surface area contributed by atoms with Gasteiger partial charge in [0.25, 0.3) is 11.8 Å². The number of hydrazine groups is 1. The molecule has 1 aromatic carbocycles. The van der Waals surface area contributed by atoms with E-state index in [4.69, 9.17) is 4.42 Å². The number of amides is 3. The molecule has 2 heterocycles. The average Bonchev–Trinajstić information content (AvgIpc) is 3.37. The van der Waals surface area contributed by atoms with Gasteiger partial charge in [-0.2, -0.15) is 0 Å². The summed E-state index contributed by atoms with van der Waals surface area (Å²) >= 11 is 1.25. The highest BCUT2D eigenvalue weighted by atomic mass is 32.1. The molecule has 9 heteroatoms. The molecule has 0 saturated carbocycles. The lowest BCUT2D eigenvalue weighted by atomic mass is 10.2. The summed E-state index contributed by atoms with van der Waals surface area (Å²) < 4.78 is 4.95. The third-order valence-corrected chi connectivity index (χ3v) is 4.93. The first kappa shape index (κ1) is 19.3. The maximum Gasteiger partial charge on any atom is 0.286 e. The molecule has 0 aliphatic rings. The van der Waals surface area contributed by atoms with Gasteiger partial charge >= 0.3 is 0 Å². The molecule has 0 aliphatic carbocycles. The molecule has 0 saturated heterocycles. The van der Waals surface area contributed by atoms with E-state index in [0.29, 0.717) is 10.6 Å². The van der Waals surface area contributed by atoms with Crippen molar-refractivity contribution in [1.82, 2.24) is 21.2 Å². The van der Waals surface area contributed by atoms with Crippen molar-refractivity contribution < 1.29 is 18.8 Å². The molecule has 3 aromatic rings. The number of nitrogens with zero attached hydrogens (tertiary/aromatic N) is 1. The van der Waals surface area contributed by atoms with Crippen LogP contribution in [0.15, 0.2) is 53.1 Å². The van der Waals surface area contributed by atoms with Crippen LogP contribution in [0.25, 0.3) is 10.6 Å². The van der Waals surface area contributed by atoms with Gasteiger partial charge in [0.1, 0.15) is 9.88 Å². The summed E-state index contributed by atoms with van der Waals surface area (Å²) in [5.41, 5.74) is 6.21. The van der Waals surface area contributed by atoms with Gasteiger partial charge in [0, 0.05) is 18.5 Å². The number of nitrogens with one attached hydrogen (secondary N) is 3. The van der Waals surface area contributed by atoms with Crippen LogP contribution in [0.3, 0.4) is 0 Å². The van der Waals surface area contributed by atoms with Gasteiger partial charge in [-0.25, -0.2) is 4.98 Å². The van der Waals surface area contributed by atoms with Crippen molar-refractivity contribution in [3.8, 4) is 10.6 Å². The number of hydrogen-bond donors (Lipinski definition) is 3.